The molecule has 0 spiro atoms. The number of hydrogen-bond acceptors (Lipinski definition) is 3. The van der Waals surface area contributed by atoms with Crippen molar-refractivity contribution < 1.29 is 22.3 Å². The molecular weight excluding hydrogens is 204 g/mol. The van der Waals surface area contributed by atoms with Gasteiger partial charge in [-0.05, 0) is 12.1 Å². The number of nitrogens with two attached hydrogens (primary N) is 1. The van der Waals surface area contributed by atoms with Crippen LogP contribution < -0.4 is 16.0 Å². The second-order valence-electron chi connectivity index (χ2n) is 2.33. The summed E-state index contributed by atoms with van der Waals surface area (Å²) in [5.41, 5.74) is 1.63. The van der Waals surface area contributed by atoms with Crippen molar-refractivity contribution in [3.63, 3.8) is 0 Å². The van der Waals surface area contributed by atoms with Crippen LogP contribution in [0.15, 0.2) is 18.2 Å². The molecule has 1 aromatic rings. The Morgan fingerprint density at radius 2 is 1.93 bits per heavy atom. The van der Waals surface area contributed by atoms with E-state index in [4.69, 9.17) is 5.84 Å². The van der Waals surface area contributed by atoms with Gasteiger partial charge in [0.25, 0.3) is 0 Å². The van der Waals surface area contributed by atoms with Gasteiger partial charge in [-0.2, -0.15) is 0 Å². The highest BCUT2D eigenvalue weighted by Gasteiger charge is 2.31. The van der Waals surface area contributed by atoms with Crippen LogP contribution in [-0.4, -0.2) is 6.36 Å². The lowest BCUT2D eigenvalue weighted by Gasteiger charge is -2.10. The van der Waals surface area contributed by atoms with Gasteiger partial charge in [-0.1, -0.05) is 0 Å². The molecule has 14 heavy (non-hydrogen) atoms. The normalized spacial score (nSPS) is 11.2. The molecular formula is C7H6F4N2O. The average molecular weight is 210 g/mol. The predicted molar refractivity (Wildman–Crippen MR) is 40.9 cm³/mol. The maximum atomic E-state index is 12.7. The number of rotatable bonds is 2. The molecule has 0 atom stereocenters. The molecule has 0 heterocycles. The van der Waals surface area contributed by atoms with Crippen molar-refractivity contribution >= 4 is 5.69 Å². The lowest BCUT2D eigenvalue weighted by Crippen LogP contribution is -2.17. The molecule has 3 nitrogen and oxygen atoms in total. The first-order chi connectivity index (χ1) is 6.42. The van der Waals surface area contributed by atoms with Crippen molar-refractivity contribution in [2.45, 2.75) is 6.36 Å². The number of ether oxygens (including phenoxy) is 1. The number of nitrogens with one attached hydrogen (secondary N) is 1. The molecule has 0 radical (unpaired) electrons. The minimum Gasteiger partial charge on any atom is -0.406 e. The molecule has 7 heteroatoms. The summed E-state index contributed by atoms with van der Waals surface area (Å²) in [6.45, 7) is 0. The maximum Gasteiger partial charge on any atom is 0.573 e. The fraction of sp³-hybridized carbons (Fsp3) is 0.143. The zero-order valence-corrected chi connectivity index (χ0v) is 6.73. The van der Waals surface area contributed by atoms with Crippen LogP contribution in [0.1, 0.15) is 0 Å². The largest absolute Gasteiger partial charge is 0.573 e. The van der Waals surface area contributed by atoms with Gasteiger partial charge in [0.05, 0.1) is 5.69 Å². The molecule has 0 aliphatic heterocycles. The molecule has 0 aliphatic rings. The summed E-state index contributed by atoms with van der Waals surface area (Å²) in [7, 11) is 0. The summed E-state index contributed by atoms with van der Waals surface area (Å²) in [6, 6.07) is 2.47. The minimum atomic E-state index is -4.80. The molecule has 0 fully saturated rings. The van der Waals surface area contributed by atoms with E-state index in [0.717, 1.165) is 18.2 Å². The minimum absolute atomic E-state index is 0.272. The number of benzene rings is 1. The first-order valence-electron chi connectivity index (χ1n) is 3.44. The van der Waals surface area contributed by atoms with E-state index in [1.54, 1.807) is 0 Å². The van der Waals surface area contributed by atoms with E-state index in [1.165, 1.54) is 0 Å². The fourth-order valence-corrected chi connectivity index (χ4v) is 0.812. The van der Waals surface area contributed by atoms with E-state index in [9.17, 15) is 17.6 Å². The van der Waals surface area contributed by atoms with Crippen molar-refractivity contribution in [3.05, 3.63) is 24.0 Å². The Morgan fingerprint density at radius 1 is 1.29 bits per heavy atom. The SMILES string of the molecule is NNc1cc(OC(F)(F)F)ccc1F. The molecule has 78 valence electrons. The molecule has 0 saturated heterocycles. The number of hydrogen-bond donors (Lipinski definition) is 2. The van der Waals surface area contributed by atoms with Gasteiger partial charge in [-0.25, -0.2) is 4.39 Å². The summed E-state index contributed by atoms with van der Waals surface area (Å²) in [6.07, 6.45) is -4.80. The van der Waals surface area contributed by atoms with Crippen LogP contribution in [0.2, 0.25) is 0 Å². The Hall–Kier alpha value is -1.50. The third-order valence-corrected chi connectivity index (χ3v) is 1.33. The lowest BCUT2D eigenvalue weighted by atomic mass is 10.3. The van der Waals surface area contributed by atoms with Crippen molar-refractivity contribution in [1.29, 1.82) is 0 Å². The summed E-state index contributed by atoms with van der Waals surface area (Å²) in [4.78, 5) is 0. The zero-order chi connectivity index (χ0) is 10.8. The first-order valence-corrected chi connectivity index (χ1v) is 3.44. The van der Waals surface area contributed by atoms with Crippen molar-refractivity contribution in [2.75, 3.05) is 5.43 Å². The maximum absolute atomic E-state index is 12.7. The van der Waals surface area contributed by atoms with Gasteiger partial charge in [0.15, 0.2) is 0 Å². The molecule has 0 bridgehead atoms. The van der Waals surface area contributed by atoms with Crippen LogP contribution in [0.3, 0.4) is 0 Å². The van der Waals surface area contributed by atoms with Crippen LogP contribution >= 0.6 is 0 Å². The Labute approximate surface area is 76.4 Å². The summed E-state index contributed by atoms with van der Waals surface area (Å²) < 4.78 is 51.4. The predicted octanol–water partition coefficient (Wildman–Crippen LogP) is 2.01. The van der Waals surface area contributed by atoms with Crippen LogP contribution in [-0.2, 0) is 0 Å². The van der Waals surface area contributed by atoms with Gasteiger partial charge >= 0.3 is 6.36 Å². The summed E-state index contributed by atoms with van der Waals surface area (Å²) in [5, 5.41) is 0. The highest BCUT2D eigenvalue weighted by molar-refractivity contribution is 5.48. The third-order valence-electron chi connectivity index (χ3n) is 1.33. The Bertz CT molecular complexity index is 326. The van der Waals surface area contributed by atoms with Crippen LogP contribution in [0.25, 0.3) is 0 Å². The zero-order valence-electron chi connectivity index (χ0n) is 6.73. The number of halogens is 4. The van der Waals surface area contributed by atoms with E-state index in [0.29, 0.717) is 0 Å². The Balaban J connectivity index is 2.90. The molecule has 1 rings (SSSR count). The number of anilines is 1. The standard InChI is InChI=1S/C7H6F4N2O/c8-5-2-1-4(3-6(5)13-12)14-7(9,10)11/h1-3,13H,12H2. The van der Waals surface area contributed by atoms with Crippen molar-refractivity contribution in [1.82, 2.24) is 0 Å². The average Bonchev–Trinajstić information content (AvgIpc) is 2.06. The van der Waals surface area contributed by atoms with Crippen molar-refractivity contribution in [2.24, 2.45) is 5.84 Å². The van der Waals surface area contributed by atoms with E-state index in [1.807, 2.05) is 5.43 Å². The summed E-state index contributed by atoms with van der Waals surface area (Å²) >= 11 is 0. The Morgan fingerprint density at radius 3 is 2.43 bits per heavy atom. The third kappa shape index (κ3) is 2.77. The smallest absolute Gasteiger partial charge is 0.406 e. The van der Waals surface area contributed by atoms with E-state index in [2.05, 4.69) is 4.74 Å². The fourth-order valence-electron chi connectivity index (χ4n) is 0.812. The van der Waals surface area contributed by atoms with E-state index in [-0.39, 0.29) is 5.69 Å². The lowest BCUT2D eigenvalue weighted by molar-refractivity contribution is -0.274. The van der Waals surface area contributed by atoms with Crippen LogP contribution in [0, 0.1) is 5.82 Å². The number of alkyl halides is 3. The number of hydrazine groups is 1. The van der Waals surface area contributed by atoms with Crippen LogP contribution in [0.5, 0.6) is 5.75 Å². The van der Waals surface area contributed by atoms with Crippen molar-refractivity contribution in [3.8, 4) is 5.75 Å². The molecule has 3 N–H and O–H groups in total. The van der Waals surface area contributed by atoms with Gasteiger partial charge < -0.3 is 10.2 Å². The van der Waals surface area contributed by atoms with Crippen LogP contribution in [0.4, 0.5) is 23.2 Å². The molecule has 0 saturated carbocycles. The molecule has 0 aromatic heterocycles. The molecule has 0 amide bonds. The van der Waals surface area contributed by atoms with Gasteiger partial charge in [0.1, 0.15) is 11.6 Å². The second-order valence-corrected chi connectivity index (χ2v) is 2.33. The van der Waals surface area contributed by atoms with Gasteiger partial charge in [-0.3, -0.25) is 5.84 Å². The van der Waals surface area contributed by atoms with Gasteiger partial charge in [-0.15, -0.1) is 13.2 Å². The molecule has 0 unspecified atom stereocenters. The first kappa shape index (κ1) is 10.6. The van der Waals surface area contributed by atoms with Gasteiger partial charge in [0, 0.05) is 6.07 Å². The highest BCUT2D eigenvalue weighted by Crippen LogP contribution is 2.26. The van der Waals surface area contributed by atoms with E-state index < -0.39 is 17.9 Å². The van der Waals surface area contributed by atoms with Gasteiger partial charge in [0.2, 0.25) is 0 Å². The molecule has 0 aliphatic carbocycles. The summed E-state index contributed by atoms with van der Waals surface area (Å²) in [5.74, 6) is 3.56. The van der Waals surface area contributed by atoms with E-state index >= 15 is 0 Å². The molecule has 1 aromatic carbocycles. The Kier molecular flexibility index (Phi) is 2.80. The number of nitrogen functional groups attached to an aromatic ring is 1. The highest BCUT2D eigenvalue weighted by atomic mass is 19.4. The topological polar surface area (TPSA) is 47.3 Å². The quantitative estimate of drug-likeness (QED) is 0.446. The monoisotopic (exact) mass is 210 g/mol. The second kappa shape index (κ2) is 3.70.